The third-order valence-electron chi connectivity index (χ3n) is 5.15. The molecule has 0 radical (unpaired) electrons. The van der Waals surface area contributed by atoms with Crippen molar-refractivity contribution < 1.29 is 9.47 Å². The van der Waals surface area contributed by atoms with Crippen LogP contribution in [0.3, 0.4) is 0 Å². The lowest BCUT2D eigenvalue weighted by Gasteiger charge is -2.29. The number of nitrogens with one attached hydrogen (secondary N) is 1. The lowest BCUT2D eigenvalue weighted by atomic mass is 10.2. The van der Waals surface area contributed by atoms with E-state index in [-0.39, 0.29) is 0 Å². The Labute approximate surface area is 188 Å². The fraction of sp³-hybridized carbons (Fsp3) is 0.333. The predicted molar refractivity (Wildman–Crippen MR) is 126 cm³/mol. The summed E-state index contributed by atoms with van der Waals surface area (Å²) < 4.78 is 11.4. The molecule has 0 unspecified atom stereocenters. The van der Waals surface area contributed by atoms with E-state index in [4.69, 9.17) is 14.5 Å². The van der Waals surface area contributed by atoms with Crippen LogP contribution >= 0.6 is 0 Å². The molecule has 3 heterocycles. The molecule has 0 aliphatic carbocycles. The van der Waals surface area contributed by atoms with Crippen molar-refractivity contribution >= 4 is 17.9 Å². The summed E-state index contributed by atoms with van der Waals surface area (Å²) in [6, 6.07) is 14.3. The summed E-state index contributed by atoms with van der Waals surface area (Å²) >= 11 is 0. The van der Waals surface area contributed by atoms with Gasteiger partial charge in [0.1, 0.15) is 5.82 Å². The zero-order chi connectivity index (χ0) is 22.2. The van der Waals surface area contributed by atoms with E-state index in [9.17, 15) is 0 Å². The maximum atomic E-state index is 5.91. The number of anilines is 2. The SMILES string of the molecule is Cc1cccc(C=NNc2nc(OCCc3ccccn3)nc(N3CCOCC3)c2C)c1. The van der Waals surface area contributed by atoms with E-state index in [1.807, 2.05) is 37.3 Å². The summed E-state index contributed by atoms with van der Waals surface area (Å²) in [6.07, 6.45) is 4.24. The molecule has 1 aliphatic rings. The first-order chi connectivity index (χ1) is 15.7. The molecule has 8 heteroatoms. The summed E-state index contributed by atoms with van der Waals surface area (Å²) in [5.74, 6) is 1.46. The van der Waals surface area contributed by atoms with Gasteiger partial charge in [-0.25, -0.2) is 0 Å². The number of pyridine rings is 1. The summed E-state index contributed by atoms with van der Waals surface area (Å²) in [5, 5.41) is 4.39. The van der Waals surface area contributed by atoms with Crippen molar-refractivity contribution in [2.45, 2.75) is 20.3 Å². The van der Waals surface area contributed by atoms with Crippen molar-refractivity contribution in [2.75, 3.05) is 43.2 Å². The minimum atomic E-state index is 0.321. The van der Waals surface area contributed by atoms with Crippen molar-refractivity contribution in [3.05, 3.63) is 71.0 Å². The van der Waals surface area contributed by atoms with Crippen LogP contribution in [0.2, 0.25) is 0 Å². The number of ether oxygens (including phenoxy) is 2. The first-order valence-corrected chi connectivity index (χ1v) is 10.8. The van der Waals surface area contributed by atoms with Crippen molar-refractivity contribution in [2.24, 2.45) is 5.10 Å². The van der Waals surface area contributed by atoms with Gasteiger partial charge in [0.05, 0.1) is 26.0 Å². The van der Waals surface area contributed by atoms with Gasteiger partial charge in [-0.1, -0.05) is 35.9 Å². The Bertz CT molecular complexity index is 1050. The van der Waals surface area contributed by atoms with E-state index < -0.39 is 0 Å². The standard InChI is InChI=1S/C24H28N6O2/c1-18-6-5-7-20(16-18)17-26-29-22-19(2)23(30-11-14-31-15-12-30)28-24(27-22)32-13-9-21-8-3-4-10-25-21/h3-8,10,16-17H,9,11-15H2,1-2H3,(H,27,28,29). The molecule has 1 N–H and O–H groups in total. The third-order valence-corrected chi connectivity index (χ3v) is 5.15. The van der Waals surface area contributed by atoms with Crippen molar-refractivity contribution in [3.63, 3.8) is 0 Å². The average Bonchev–Trinajstić information content (AvgIpc) is 2.82. The molecule has 1 aliphatic heterocycles. The van der Waals surface area contributed by atoms with Crippen LogP contribution in [0.4, 0.5) is 11.6 Å². The highest BCUT2D eigenvalue weighted by molar-refractivity contribution is 5.80. The largest absolute Gasteiger partial charge is 0.463 e. The lowest BCUT2D eigenvalue weighted by molar-refractivity contribution is 0.122. The van der Waals surface area contributed by atoms with Crippen LogP contribution in [-0.2, 0) is 11.2 Å². The van der Waals surface area contributed by atoms with Crippen molar-refractivity contribution in [1.29, 1.82) is 0 Å². The van der Waals surface area contributed by atoms with Crippen LogP contribution in [-0.4, -0.2) is 54.1 Å². The quantitative estimate of drug-likeness (QED) is 0.431. The molecule has 1 fully saturated rings. The minimum Gasteiger partial charge on any atom is -0.463 e. The first-order valence-electron chi connectivity index (χ1n) is 10.8. The molecule has 8 nitrogen and oxygen atoms in total. The molecule has 0 spiro atoms. The summed E-state index contributed by atoms with van der Waals surface area (Å²) in [5.41, 5.74) is 7.17. The number of hydrazone groups is 1. The maximum absolute atomic E-state index is 5.91. The molecule has 1 saturated heterocycles. The van der Waals surface area contributed by atoms with E-state index >= 15 is 0 Å². The first kappa shape index (κ1) is 21.7. The van der Waals surface area contributed by atoms with Gasteiger partial charge in [0.25, 0.3) is 0 Å². The van der Waals surface area contributed by atoms with E-state index in [0.29, 0.717) is 38.1 Å². The maximum Gasteiger partial charge on any atom is 0.320 e. The van der Waals surface area contributed by atoms with Crippen molar-refractivity contribution in [3.8, 4) is 6.01 Å². The van der Waals surface area contributed by atoms with Gasteiger partial charge in [0, 0.05) is 37.0 Å². The Balaban J connectivity index is 1.52. The molecule has 4 rings (SSSR count). The molecule has 2 aromatic heterocycles. The van der Waals surface area contributed by atoms with Gasteiger partial charge >= 0.3 is 6.01 Å². The average molecular weight is 433 g/mol. The lowest BCUT2D eigenvalue weighted by Crippen LogP contribution is -2.37. The Morgan fingerprint density at radius 1 is 1.12 bits per heavy atom. The molecular formula is C24H28N6O2. The van der Waals surface area contributed by atoms with E-state index in [0.717, 1.165) is 35.7 Å². The monoisotopic (exact) mass is 432 g/mol. The summed E-state index contributed by atoms with van der Waals surface area (Å²) in [6.45, 7) is 7.39. The van der Waals surface area contributed by atoms with E-state index in [1.54, 1.807) is 12.4 Å². The van der Waals surface area contributed by atoms with Crippen LogP contribution in [0.15, 0.2) is 53.8 Å². The van der Waals surface area contributed by atoms with Crippen LogP contribution in [0.1, 0.15) is 22.4 Å². The van der Waals surface area contributed by atoms with Gasteiger partial charge in [0.15, 0.2) is 5.82 Å². The van der Waals surface area contributed by atoms with Crippen LogP contribution < -0.4 is 15.1 Å². The molecule has 1 aromatic carbocycles. The number of hydrogen-bond donors (Lipinski definition) is 1. The summed E-state index contributed by atoms with van der Waals surface area (Å²) in [4.78, 5) is 15.8. The number of rotatable bonds is 8. The molecule has 166 valence electrons. The zero-order valence-electron chi connectivity index (χ0n) is 18.5. The summed E-state index contributed by atoms with van der Waals surface area (Å²) in [7, 11) is 0. The van der Waals surface area contributed by atoms with Gasteiger partial charge in [-0.2, -0.15) is 15.1 Å². The van der Waals surface area contributed by atoms with Crippen molar-refractivity contribution in [1.82, 2.24) is 15.0 Å². The fourth-order valence-corrected chi connectivity index (χ4v) is 3.45. The minimum absolute atomic E-state index is 0.321. The highest BCUT2D eigenvalue weighted by Gasteiger charge is 2.19. The molecule has 3 aromatic rings. The van der Waals surface area contributed by atoms with Gasteiger partial charge in [0.2, 0.25) is 0 Å². The Morgan fingerprint density at radius 3 is 2.78 bits per heavy atom. The van der Waals surface area contributed by atoms with Gasteiger partial charge in [-0.3, -0.25) is 10.4 Å². The molecule has 0 saturated carbocycles. The number of morpholine rings is 1. The second kappa shape index (κ2) is 10.7. The number of benzene rings is 1. The highest BCUT2D eigenvalue weighted by Crippen LogP contribution is 2.27. The van der Waals surface area contributed by atoms with E-state index in [2.05, 4.69) is 44.5 Å². The molecular weight excluding hydrogens is 404 g/mol. The smallest absolute Gasteiger partial charge is 0.320 e. The molecule has 0 atom stereocenters. The highest BCUT2D eigenvalue weighted by atomic mass is 16.5. The second-order valence-electron chi connectivity index (χ2n) is 7.61. The topological polar surface area (TPSA) is 84.8 Å². The zero-order valence-corrected chi connectivity index (χ0v) is 18.5. The number of aromatic nitrogens is 3. The molecule has 32 heavy (non-hydrogen) atoms. The van der Waals surface area contributed by atoms with Crippen LogP contribution in [0, 0.1) is 13.8 Å². The Hall–Kier alpha value is -3.52. The van der Waals surface area contributed by atoms with Crippen LogP contribution in [0.25, 0.3) is 0 Å². The molecule has 0 bridgehead atoms. The second-order valence-corrected chi connectivity index (χ2v) is 7.61. The Kier molecular flexibility index (Phi) is 7.24. The van der Waals surface area contributed by atoms with E-state index in [1.165, 1.54) is 5.56 Å². The third kappa shape index (κ3) is 5.79. The van der Waals surface area contributed by atoms with Gasteiger partial charge < -0.3 is 14.4 Å². The van der Waals surface area contributed by atoms with Gasteiger partial charge in [-0.05, 0) is 31.5 Å². The number of hydrogen-bond acceptors (Lipinski definition) is 8. The fourth-order valence-electron chi connectivity index (χ4n) is 3.45. The number of nitrogens with zero attached hydrogens (tertiary/aromatic N) is 5. The molecule has 0 amide bonds. The van der Waals surface area contributed by atoms with Crippen LogP contribution in [0.5, 0.6) is 6.01 Å². The number of aryl methyl sites for hydroxylation is 1. The Morgan fingerprint density at radius 2 is 2.00 bits per heavy atom. The normalized spacial score (nSPS) is 14.0. The van der Waals surface area contributed by atoms with Gasteiger partial charge in [-0.15, -0.1) is 0 Å². The predicted octanol–water partition coefficient (Wildman–Crippen LogP) is 3.39.